The fraction of sp³-hybridized carbons (Fsp3) is 0.500. The molecule has 5 nitrogen and oxygen atoms in total. The van der Waals surface area contributed by atoms with Crippen molar-refractivity contribution >= 4 is 5.96 Å². The van der Waals surface area contributed by atoms with Crippen LogP contribution in [0, 0.1) is 0 Å². The van der Waals surface area contributed by atoms with E-state index in [-0.39, 0.29) is 6.04 Å². The van der Waals surface area contributed by atoms with Gasteiger partial charge >= 0.3 is 0 Å². The van der Waals surface area contributed by atoms with Crippen molar-refractivity contribution < 1.29 is 4.42 Å². The van der Waals surface area contributed by atoms with Crippen molar-refractivity contribution in [2.75, 3.05) is 26.2 Å². The van der Waals surface area contributed by atoms with Gasteiger partial charge in [-0.25, -0.2) is 0 Å². The van der Waals surface area contributed by atoms with E-state index in [1.807, 2.05) is 18.2 Å². The third kappa shape index (κ3) is 5.86. The van der Waals surface area contributed by atoms with Crippen LogP contribution in [0.1, 0.15) is 44.1 Å². The van der Waals surface area contributed by atoms with E-state index < -0.39 is 0 Å². The topological polar surface area (TPSA) is 52.8 Å². The maximum Gasteiger partial charge on any atom is 0.191 e. The van der Waals surface area contributed by atoms with Crippen LogP contribution in [0.15, 0.2) is 58.1 Å². The van der Waals surface area contributed by atoms with Crippen LogP contribution in [0.25, 0.3) is 0 Å². The zero-order chi connectivity index (χ0) is 18.9. The number of hydrogen-bond donors (Lipinski definition) is 2. The predicted octanol–water partition coefficient (Wildman–Crippen LogP) is 3.60. The van der Waals surface area contributed by atoms with Gasteiger partial charge in [0.1, 0.15) is 5.76 Å². The SMILES string of the molecule is CCN1CCCC1CN=C(NCCc1ccco1)NC(C)c1ccccc1. The van der Waals surface area contributed by atoms with Crippen LogP contribution >= 0.6 is 0 Å². The van der Waals surface area contributed by atoms with Crippen molar-refractivity contribution in [2.24, 2.45) is 4.99 Å². The lowest BCUT2D eigenvalue weighted by Gasteiger charge is -2.23. The highest BCUT2D eigenvalue weighted by Gasteiger charge is 2.22. The maximum atomic E-state index is 5.43. The van der Waals surface area contributed by atoms with Crippen molar-refractivity contribution in [3.8, 4) is 0 Å². The summed E-state index contributed by atoms with van der Waals surface area (Å²) >= 11 is 0. The van der Waals surface area contributed by atoms with E-state index in [9.17, 15) is 0 Å². The van der Waals surface area contributed by atoms with Gasteiger partial charge in [0.25, 0.3) is 0 Å². The number of benzene rings is 1. The van der Waals surface area contributed by atoms with E-state index in [1.165, 1.54) is 24.9 Å². The molecule has 1 aromatic carbocycles. The van der Waals surface area contributed by atoms with Crippen molar-refractivity contribution in [1.82, 2.24) is 15.5 Å². The Balaban J connectivity index is 1.60. The lowest BCUT2D eigenvalue weighted by molar-refractivity contribution is 0.273. The fourth-order valence-electron chi connectivity index (χ4n) is 3.66. The largest absolute Gasteiger partial charge is 0.469 e. The van der Waals surface area contributed by atoms with Crippen LogP contribution in [0.3, 0.4) is 0 Å². The molecule has 2 atom stereocenters. The van der Waals surface area contributed by atoms with Gasteiger partial charge < -0.3 is 15.1 Å². The molecule has 27 heavy (non-hydrogen) atoms. The number of rotatable bonds is 8. The van der Waals surface area contributed by atoms with Gasteiger partial charge in [-0.05, 0) is 50.6 Å². The predicted molar refractivity (Wildman–Crippen MR) is 111 cm³/mol. The Bertz CT molecular complexity index is 684. The molecule has 2 aromatic rings. The average molecular weight is 369 g/mol. The van der Waals surface area contributed by atoms with Crippen LogP contribution in [-0.2, 0) is 6.42 Å². The second-order valence-electron chi connectivity index (χ2n) is 7.15. The van der Waals surface area contributed by atoms with Crippen LogP contribution in [0.5, 0.6) is 0 Å². The molecule has 0 aliphatic carbocycles. The van der Waals surface area contributed by atoms with Gasteiger partial charge in [0.05, 0.1) is 18.8 Å². The summed E-state index contributed by atoms with van der Waals surface area (Å²) in [7, 11) is 0. The third-order valence-corrected chi connectivity index (χ3v) is 5.26. The normalized spacial score (nSPS) is 19.2. The lowest BCUT2D eigenvalue weighted by atomic mass is 10.1. The summed E-state index contributed by atoms with van der Waals surface area (Å²) in [6.45, 7) is 8.35. The molecule has 5 heteroatoms. The quantitative estimate of drug-likeness (QED) is 0.552. The number of hydrogen-bond acceptors (Lipinski definition) is 3. The Kier molecular flexibility index (Phi) is 7.34. The summed E-state index contributed by atoms with van der Waals surface area (Å²) in [5.41, 5.74) is 1.26. The Labute approximate surface area is 162 Å². The molecule has 2 unspecified atom stereocenters. The first-order valence-electron chi connectivity index (χ1n) is 10.1. The Hall–Kier alpha value is -2.27. The molecule has 1 fully saturated rings. The minimum Gasteiger partial charge on any atom is -0.469 e. The molecule has 1 aliphatic rings. The molecule has 0 spiro atoms. The van der Waals surface area contributed by atoms with Gasteiger partial charge in [0.2, 0.25) is 0 Å². The average Bonchev–Trinajstić information content (AvgIpc) is 3.38. The van der Waals surface area contributed by atoms with Crippen LogP contribution in [-0.4, -0.2) is 43.1 Å². The molecule has 1 saturated heterocycles. The van der Waals surface area contributed by atoms with E-state index in [4.69, 9.17) is 9.41 Å². The van der Waals surface area contributed by atoms with Crippen molar-refractivity contribution in [3.63, 3.8) is 0 Å². The fourth-order valence-corrected chi connectivity index (χ4v) is 3.66. The number of nitrogens with one attached hydrogen (secondary N) is 2. The smallest absolute Gasteiger partial charge is 0.191 e. The number of likely N-dealkylation sites (N-methyl/N-ethyl adjacent to an activating group) is 1. The number of aliphatic imine (C=N–C) groups is 1. The van der Waals surface area contributed by atoms with Crippen molar-refractivity contribution in [2.45, 2.75) is 45.2 Å². The Morgan fingerprint density at radius 3 is 2.85 bits per heavy atom. The van der Waals surface area contributed by atoms with Crippen LogP contribution in [0.2, 0.25) is 0 Å². The minimum absolute atomic E-state index is 0.201. The van der Waals surface area contributed by atoms with Crippen LogP contribution < -0.4 is 10.6 Å². The highest BCUT2D eigenvalue weighted by molar-refractivity contribution is 5.80. The maximum absolute atomic E-state index is 5.43. The number of furan rings is 1. The second-order valence-corrected chi connectivity index (χ2v) is 7.15. The van der Waals surface area contributed by atoms with Gasteiger partial charge in [0, 0.05) is 19.0 Å². The molecular formula is C22H32N4O. The highest BCUT2D eigenvalue weighted by Crippen LogP contribution is 2.17. The summed E-state index contributed by atoms with van der Waals surface area (Å²) < 4.78 is 5.43. The first kappa shape index (κ1) is 19.5. The summed E-state index contributed by atoms with van der Waals surface area (Å²) in [4.78, 5) is 7.44. The lowest BCUT2D eigenvalue weighted by Crippen LogP contribution is -2.41. The van der Waals surface area contributed by atoms with Crippen molar-refractivity contribution in [3.05, 3.63) is 60.1 Å². The first-order chi connectivity index (χ1) is 13.3. The number of likely N-dealkylation sites (tertiary alicyclic amines) is 1. The zero-order valence-electron chi connectivity index (χ0n) is 16.5. The van der Waals surface area contributed by atoms with E-state index in [1.54, 1.807) is 6.26 Å². The minimum atomic E-state index is 0.201. The Morgan fingerprint density at radius 2 is 2.11 bits per heavy atom. The second kappa shape index (κ2) is 10.2. The van der Waals surface area contributed by atoms with Gasteiger partial charge in [-0.15, -0.1) is 0 Å². The zero-order valence-corrected chi connectivity index (χ0v) is 16.5. The highest BCUT2D eigenvalue weighted by atomic mass is 16.3. The molecule has 3 rings (SSSR count). The van der Waals surface area contributed by atoms with E-state index in [2.05, 4.69) is 53.6 Å². The molecule has 1 aliphatic heterocycles. The van der Waals surface area contributed by atoms with Gasteiger partial charge in [-0.2, -0.15) is 0 Å². The summed E-state index contributed by atoms with van der Waals surface area (Å²) in [5.74, 6) is 1.87. The summed E-state index contributed by atoms with van der Waals surface area (Å²) in [6.07, 6.45) is 5.09. The molecule has 146 valence electrons. The van der Waals surface area contributed by atoms with E-state index in [0.29, 0.717) is 6.04 Å². The number of guanidine groups is 1. The van der Waals surface area contributed by atoms with Crippen molar-refractivity contribution in [1.29, 1.82) is 0 Å². The van der Waals surface area contributed by atoms with Gasteiger partial charge in [0.15, 0.2) is 5.96 Å². The summed E-state index contributed by atoms with van der Waals surface area (Å²) in [5, 5.41) is 7.04. The van der Waals surface area contributed by atoms with Crippen LogP contribution in [0.4, 0.5) is 0 Å². The Morgan fingerprint density at radius 1 is 1.26 bits per heavy atom. The molecule has 0 saturated carbocycles. The van der Waals surface area contributed by atoms with Gasteiger partial charge in [-0.1, -0.05) is 37.3 Å². The third-order valence-electron chi connectivity index (χ3n) is 5.26. The summed E-state index contributed by atoms with van der Waals surface area (Å²) in [6, 6.07) is 15.2. The standard InChI is InChI=1S/C22H32N4O/c1-3-26-15-7-11-20(26)17-24-22(23-14-13-21-12-8-16-27-21)25-18(2)19-9-5-4-6-10-19/h4-6,8-10,12,16,18,20H,3,7,11,13-15,17H2,1-2H3,(H2,23,24,25). The molecule has 1 aromatic heterocycles. The molecule has 0 amide bonds. The molecule has 0 radical (unpaired) electrons. The first-order valence-corrected chi connectivity index (χ1v) is 10.1. The molecular weight excluding hydrogens is 336 g/mol. The van der Waals surface area contributed by atoms with E-state index >= 15 is 0 Å². The number of nitrogens with zero attached hydrogens (tertiary/aromatic N) is 2. The van der Waals surface area contributed by atoms with Gasteiger partial charge in [-0.3, -0.25) is 9.89 Å². The van der Waals surface area contributed by atoms with E-state index in [0.717, 1.165) is 37.8 Å². The molecule has 2 N–H and O–H groups in total. The monoisotopic (exact) mass is 368 g/mol. The molecule has 2 heterocycles. The molecule has 0 bridgehead atoms.